The Bertz CT molecular complexity index is 512. The lowest BCUT2D eigenvalue weighted by Crippen LogP contribution is -2.54. The highest BCUT2D eigenvalue weighted by Gasteiger charge is 2.48. The summed E-state index contributed by atoms with van der Waals surface area (Å²) in [6.45, 7) is 6.05. The summed E-state index contributed by atoms with van der Waals surface area (Å²) >= 11 is 0. The molecule has 5 nitrogen and oxygen atoms in total. The van der Waals surface area contributed by atoms with Gasteiger partial charge in [0.2, 0.25) is 0 Å². The van der Waals surface area contributed by atoms with Crippen molar-refractivity contribution in [3.8, 4) is 0 Å². The molecule has 0 radical (unpaired) electrons. The Labute approximate surface area is 132 Å². The van der Waals surface area contributed by atoms with E-state index >= 15 is 0 Å². The van der Waals surface area contributed by atoms with Crippen LogP contribution in [0.4, 0.5) is 4.79 Å². The van der Waals surface area contributed by atoms with Gasteiger partial charge in [-0.15, -0.1) is 0 Å². The van der Waals surface area contributed by atoms with Crippen molar-refractivity contribution in [2.24, 2.45) is 5.73 Å². The molecule has 1 saturated heterocycles. The molecule has 2 rings (SSSR count). The van der Waals surface area contributed by atoms with E-state index in [2.05, 4.69) is 0 Å². The molecular formula is C17H26N2O3. The molecule has 0 bridgehead atoms. The molecule has 22 heavy (non-hydrogen) atoms. The summed E-state index contributed by atoms with van der Waals surface area (Å²) in [7, 11) is 0. The fourth-order valence-corrected chi connectivity index (χ4v) is 3.01. The molecule has 1 heterocycles. The van der Waals surface area contributed by atoms with Crippen molar-refractivity contribution in [3.63, 3.8) is 0 Å². The van der Waals surface area contributed by atoms with E-state index in [0.717, 1.165) is 5.56 Å². The van der Waals surface area contributed by atoms with Gasteiger partial charge in [0, 0.05) is 13.0 Å². The molecule has 2 unspecified atom stereocenters. The second-order valence-corrected chi connectivity index (χ2v) is 7.04. The van der Waals surface area contributed by atoms with Gasteiger partial charge in [-0.05, 0) is 32.8 Å². The van der Waals surface area contributed by atoms with Crippen molar-refractivity contribution < 1.29 is 14.6 Å². The van der Waals surface area contributed by atoms with Gasteiger partial charge in [-0.25, -0.2) is 4.79 Å². The maximum absolute atomic E-state index is 12.5. The van der Waals surface area contributed by atoms with Crippen molar-refractivity contribution >= 4 is 6.09 Å². The van der Waals surface area contributed by atoms with Gasteiger partial charge in [-0.1, -0.05) is 30.3 Å². The second kappa shape index (κ2) is 6.26. The fourth-order valence-electron chi connectivity index (χ4n) is 3.01. The average Bonchev–Trinajstić information content (AvgIpc) is 2.75. The van der Waals surface area contributed by atoms with Crippen LogP contribution in [-0.4, -0.2) is 46.4 Å². The highest BCUT2D eigenvalue weighted by atomic mass is 16.6. The number of ether oxygens (including phenoxy) is 1. The van der Waals surface area contributed by atoms with Crippen molar-refractivity contribution in [3.05, 3.63) is 35.9 Å². The molecule has 1 aromatic rings. The zero-order chi connectivity index (χ0) is 16.4. The molecule has 1 aliphatic heterocycles. The highest BCUT2D eigenvalue weighted by Crippen LogP contribution is 2.33. The third-order valence-corrected chi connectivity index (χ3v) is 3.95. The van der Waals surface area contributed by atoms with E-state index < -0.39 is 23.3 Å². The Morgan fingerprint density at radius 3 is 2.59 bits per heavy atom. The summed E-state index contributed by atoms with van der Waals surface area (Å²) in [5.74, 6) is 0. The van der Waals surface area contributed by atoms with E-state index in [4.69, 9.17) is 10.5 Å². The topological polar surface area (TPSA) is 75.8 Å². The van der Waals surface area contributed by atoms with Crippen LogP contribution >= 0.6 is 0 Å². The zero-order valence-corrected chi connectivity index (χ0v) is 13.6. The number of rotatable bonds is 3. The smallest absolute Gasteiger partial charge is 0.410 e. The number of hydrogen-bond donors (Lipinski definition) is 2. The summed E-state index contributed by atoms with van der Waals surface area (Å²) in [5.41, 5.74) is 5.94. The van der Waals surface area contributed by atoms with Crippen LogP contribution in [0.3, 0.4) is 0 Å². The number of β-amino-alcohol motifs (C(OH)–C–C–N with tert-alkyl or cyclic N) is 1. The van der Waals surface area contributed by atoms with Crippen LogP contribution in [-0.2, 0) is 11.2 Å². The minimum Gasteiger partial charge on any atom is -0.444 e. The molecule has 1 aliphatic rings. The predicted octanol–water partition coefficient (Wildman–Crippen LogP) is 1.93. The number of nitrogens with zero attached hydrogens (tertiary/aromatic N) is 1. The molecule has 1 aromatic carbocycles. The quantitative estimate of drug-likeness (QED) is 0.894. The predicted molar refractivity (Wildman–Crippen MR) is 85.5 cm³/mol. The largest absolute Gasteiger partial charge is 0.444 e. The molecule has 0 aliphatic carbocycles. The van der Waals surface area contributed by atoms with Gasteiger partial charge in [-0.3, -0.25) is 4.90 Å². The number of amides is 1. The summed E-state index contributed by atoms with van der Waals surface area (Å²) in [5, 5.41) is 10.1. The molecule has 0 spiro atoms. The van der Waals surface area contributed by atoms with Gasteiger partial charge in [0.25, 0.3) is 0 Å². The molecule has 5 heteroatoms. The summed E-state index contributed by atoms with van der Waals surface area (Å²) in [6, 6.07) is 9.89. The maximum Gasteiger partial charge on any atom is 0.410 e. The van der Waals surface area contributed by atoms with Crippen LogP contribution in [0.15, 0.2) is 30.3 Å². The van der Waals surface area contributed by atoms with Crippen LogP contribution < -0.4 is 5.73 Å². The van der Waals surface area contributed by atoms with Crippen molar-refractivity contribution in [1.82, 2.24) is 4.90 Å². The number of hydrogen-bond acceptors (Lipinski definition) is 4. The highest BCUT2D eigenvalue weighted by molar-refractivity contribution is 5.70. The molecule has 1 fully saturated rings. The fraction of sp³-hybridized carbons (Fsp3) is 0.588. The van der Waals surface area contributed by atoms with Gasteiger partial charge in [0.05, 0.1) is 18.2 Å². The number of aliphatic hydroxyl groups is 1. The van der Waals surface area contributed by atoms with Crippen LogP contribution in [0.5, 0.6) is 0 Å². The Morgan fingerprint density at radius 1 is 1.41 bits per heavy atom. The number of nitrogens with two attached hydrogens (primary N) is 1. The Morgan fingerprint density at radius 2 is 2.05 bits per heavy atom. The Balaban J connectivity index is 2.24. The zero-order valence-electron chi connectivity index (χ0n) is 13.6. The SMILES string of the molecule is CC(C)(C)OC(=O)N1CC(O)CC1(CN)Cc1ccccc1. The summed E-state index contributed by atoms with van der Waals surface area (Å²) in [4.78, 5) is 14.1. The molecule has 0 saturated carbocycles. The first-order chi connectivity index (χ1) is 10.3. The number of carbonyl (C=O) groups excluding carboxylic acids is 1. The van der Waals surface area contributed by atoms with Gasteiger partial charge in [0.1, 0.15) is 5.60 Å². The second-order valence-electron chi connectivity index (χ2n) is 7.04. The van der Waals surface area contributed by atoms with E-state index in [1.165, 1.54) is 0 Å². The first kappa shape index (κ1) is 16.8. The maximum atomic E-state index is 12.5. The molecule has 3 N–H and O–H groups in total. The van der Waals surface area contributed by atoms with Crippen LogP contribution in [0.1, 0.15) is 32.8 Å². The number of carbonyl (C=O) groups is 1. The lowest BCUT2D eigenvalue weighted by Gasteiger charge is -2.38. The standard InChI is InChI=1S/C17H26N2O3/c1-16(2,3)22-15(21)19-11-14(20)10-17(19,12-18)9-13-7-5-4-6-8-13/h4-8,14,20H,9-12,18H2,1-3H3. The van der Waals surface area contributed by atoms with Crippen LogP contribution in [0, 0.1) is 0 Å². The number of benzene rings is 1. The molecule has 1 amide bonds. The third-order valence-electron chi connectivity index (χ3n) is 3.95. The van der Waals surface area contributed by atoms with Gasteiger partial charge >= 0.3 is 6.09 Å². The third kappa shape index (κ3) is 3.78. The van der Waals surface area contributed by atoms with E-state index in [1.54, 1.807) is 4.90 Å². The van der Waals surface area contributed by atoms with E-state index in [1.807, 2.05) is 51.1 Å². The first-order valence-corrected chi connectivity index (χ1v) is 7.68. The minimum atomic E-state index is -0.594. The molecule has 122 valence electrons. The summed E-state index contributed by atoms with van der Waals surface area (Å²) < 4.78 is 5.49. The van der Waals surface area contributed by atoms with Gasteiger partial charge < -0.3 is 15.6 Å². The summed E-state index contributed by atoms with van der Waals surface area (Å²) in [6.07, 6.45) is 0.100. The average molecular weight is 306 g/mol. The van der Waals surface area contributed by atoms with Gasteiger partial charge in [0.15, 0.2) is 0 Å². The van der Waals surface area contributed by atoms with Gasteiger partial charge in [-0.2, -0.15) is 0 Å². The van der Waals surface area contributed by atoms with Crippen molar-refractivity contribution in [2.45, 2.75) is 50.9 Å². The van der Waals surface area contributed by atoms with E-state index in [9.17, 15) is 9.90 Å². The number of aliphatic hydroxyl groups excluding tert-OH is 1. The van der Waals surface area contributed by atoms with Crippen molar-refractivity contribution in [1.29, 1.82) is 0 Å². The first-order valence-electron chi connectivity index (χ1n) is 7.68. The Kier molecular flexibility index (Phi) is 4.78. The van der Waals surface area contributed by atoms with Crippen molar-refractivity contribution in [2.75, 3.05) is 13.1 Å². The normalized spacial score (nSPS) is 25.3. The van der Waals surface area contributed by atoms with Crippen LogP contribution in [0.2, 0.25) is 0 Å². The lowest BCUT2D eigenvalue weighted by molar-refractivity contribution is 0.00833. The molecular weight excluding hydrogens is 280 g/mol. The minimum absolute atomic E-state index is 0.263. The molecule has 2 atom stereocenters. The van der Waals surface area contributed by atoms with E-state index in [0.29, 0.717) is 12.8 Å². The Hall–Kier alpha value is -1.59. The lowest BCUT2D eigenvalue weighted by atomic mass is 9.88. The van der Waals surface area contributed by atoms with Crippen LogP contribution in [0.25, 0.3) is 0 Å². The monoisotopic (exact) mass is 306 g/mol. The van der Waals surface area contributed by atoms with E-state index in [-0.39, 0.29) is 13.1 Å². The molecule has 0 aromatic heterocycles. The number of likely N-dealkylation sites (tertiary alicyclic amines) is 1.